The van der Waals surface area contributed by atoms with Crippen LogP contribution in [0.5, 0.6) is 17.2 Å². The third-order valence-electron chi connectivity index (χ3n) is 3.72. The van der Waals surface area contributed by atoms with Crippen molar-refractivity contribution in [3.63, 3.8) is 0 Å². The molecule has 2 aromatic rings. The standard InChI is InChI=1S/C17H17BrO3/c1-19-13-4-6-16(20-2)14(10-13)17(18)12-3-5-15-11(9-12)7-8-21-15/h3-6,9-10,17H,7-8H2,1-2H3. The van der Waals surface area contributed by atoms with Gasteiger partial charge in [0, 0.05) is 12.0 Å². The molecule has 0 aromatic heterocycles. The Morgan fingerprint density at radius 3 is 2.71 bits per heavy atom. The molecular weight excluding hydrogens is 332 g/mol. The molecule has 0 saturated carbocycles. The maximum atomic E-state index is 5.56. The van der Waals surface area contributed by atoms with E-state index >= 15 is 0 Å². The van der Waals surface area contributed by atoms with Crippen molar-refractivity contribution in [3.8, 4) is 17.2 Å². The summed E-state index contributed by atoms with van der Waals surface area (Å²) in [5.74, 6) is 2.66. The fourth-order valence-corrected chi connectivity index (χ4v) is 3.22. The minimum absolute atomic E-state index is 0.0495. The van der Waals surface area contributed by atoms with E-state index in [9.17, 15) is 0 Å². The monoisotopic (exact) mass is 348 g/mol. The fraction of sp³-hybridized carbons (Fsp3) is 0.294. The Morgan fingerprint density at radius 2 is 1.95 bits per heavy atom. The van der Waals surface area contributed by atoms with Crippen molar-refractivity contribution in [1.82, 2.24) is 0 Å². The molecule has 0 amide bonds. The van der Waals surface area contributed by atoms with E-state index in [2.05, 4.69) is 28.1 Å². The number of halogens is 1. The summed E-state index contributed by atoms with van der Waals surface area (Å²) >= 11 is 3.78. The lowest BCUT2D eigenvalue weighted by atomic mass is 10.0. The van der Waals surface area contributed by atoms with Crippen molar-refractivity contribution in [2.75, 3.05) is 20.8 Å². The molecule has 1 aliphatic heterocycles. The first-order valence-corrected chi connectivity index (χ1v) is 7.76. The molecule has 110 valence electrons. The van der Waals surface area contributed by atoms with Crippen molar-refractivity contribution in [2.24, 2.45) is 0 Å². The molecule has 2 aromatic carbocycles. The molecule has 0 bridgehead atoms. The summed E-state index contributed by atoms with van der Waals surface area (Å²) in [6, 6.07) is 12.2. The summed E-state index contributed by atoms with van der Waals surface area (Å²) in [5, 5.41) is 0. The van der Waals surface area contributed by atoms with Crippen LogP contribution in [0.25, 0.3) is 0 Å². The largest absolute Gasteiger partial charge is 0.497 e. The van der Waals surface area contributed by atoms with Gasteiger partial charge in [-0.15, -0.1) is 0 Å². The summed E-state index contributed by atoms with van der Waals surface area (Å²) in [5.41, 5.74) is 3.50. The van der Waals surface area contributed by atoms with Crippen LogP contribution in [-0.4, -0.2) is 20.8 Å². The van der Waals surface area contributed by atoms with Crippen molar-refractivity contribution in [2.45, 2.75) is 11.2 Å². The molecule has 0 radical (unpaired) electrons. The van der Waals surface area contributed by atoms with Gasteiger partial charge in [-0.1, -0.05) is 28.1 Å². The third kappa shape index (κ3) is 2.72. The van der Waals surface area contributed by atoms with Crippen LogP contribution in [0.4, 0.5) is 0 Å². The molecular formula is C17H17BrO3. The number of alkyl halides is 1. The highest BCUT2D eigenvalue weighted by molar-refractivity contribution is 9.09. The Bertz CT molecular complexity index is 654. The van der Waals surface area contributed by atoms with Crippen LogP contribution < -0.4 is 14.2 Å². The molecule has 1 unspecified atom stereocenters. The summed E-state index contributed by atoms with van der Waals surface area (Å²) in [7, 11) is 3.35. The lowest BCUT2D eigenvalue weighted by Crippen LogP contribution is -1.98. The van der Waals surface area contributed by atoms with Gasteiger partial charge in [0.15, 0.2) is 0 Å². The number of ether oxygens (including phenoxy) is 3. The summed E-state index contributed by atoms with van der Waals surface area (Å²) in [6.45, 7) is 0.772. The molecule has 0 N–H and O–H groups in total. The summed E-state index contributed by atoms with van der Waals surface area (Å²) in [4.78, 5) is 0.0495. The first kappa shape index (κ1) is 14.3. The number of rotatable bonds is 4. The highest BCUT2D eigenvalue weighted by atomic mass is 79.9. The molecule has 0 saturated heterocycles. The van der Waals surface area contributed by atoms with Gasteiger partial charge in [-0.2, -0.15) is 0 Å². The van der Waals surface area contributed by atoms with E-state index in [0.29, 0.717) is 0 Å². The first-order valence-electron chi connectivity index (χ1n) is 6.84. The van der Waals surface area contributed by atoms with Crippen LogP contribution in [0.2, 0.25) is 0 Å². The zero-order chi connectivity index (χ0) is 14.8. The second-order valence-electron chi connectivity index (χ2n) is 4.94. The highest BCUT2D eigenvalue weighted by Crippen LogP contribution is 2.40. The van der Waals surface area contributed by atoms with Gasteiger partial charge in [-0.3, -0.25) is 0 Å². The van der Waals surface area contributed by atoms with E-state index in [1.54, 1.807) is 14.2 Å². The quantitative estimate of drug-likeness (QED) is 0.777. The highest BCUT2D eigenvalue weighted by Gasteiger charge is 2.19. The Labute approximate surface area is 133 Å². The number of fused-ring (bicyclic) bond motifs is 1. The third-order valence-corrected chi connectivity index (χ3v) is 4.74. The average molecular weight is 349 g/mol. The normalized spacial score (nSPS) is 14.2. The second kappa shape index (κ2) is 5.98. The molecule has 1 aliphatic rings. The molecule has 0 fully saturated rings. The second-order valence-corrected chi connectivity index (χ2v) is 5.85. The Hall–Kier alpha value is -1.68. The van der Waals surface area contributed by atoms with Gasteiger partial charge in [0.1, 0.15) is 17.2 Å². The van der Waals surface area contributed by atoms with Crippen LogP contribution in [0.3, 0.4) is 0 Å². The van der Waals surface area contributed by atoms with Crippen molar-refractivity contribution in [3.05, 3.63) is 53.1 Å². The van der Waals surface area contributed by atoms with Crippen LogP contribution >= 0.6 is 15.9 Å². The van der Waals surface area contributed by atoms with Gasteiger partial charge in [-0.25, -0.2) is 0 Å². The molecule has 21 heavy (non-hydrogen) atoms. The molecule has 1 heterocycles. The molecule has 0 aliphatic carbocycles. The number of benzene rings is 2. The van der Waals surface area contributed by atoms with Gasteiger partial charge in [0.05, 0.1) is 25.7 Å². The molecule has 4 heteroatoms. The smallest absolute Gasteiger partial charge is 0.123 e. The van der Waals surface area contributed by atoms with Gasteiger partial charge >= 0.3 is 0 Å². The number of methoxy groups -OCH3 is 2. The Balaban J connectivity index is 1.99. The van der Waals surface area contributed by atoms with Crippen molar-refractivity contribution >= 4 is 15.9 Å². The summed E-state index contributed by atoms with van der Waals surface area (Å²) < 4.78 is 16.3. The lowest BCUT2D eigenvalue weighted by molar-refractivity contribution is 0.357. The minimum Gasteiger partial charge on any atom is -0.497 e. The average Bonchev–Trinajstić information content (AvgIpc) is 3.01. The first-order chi connectivity index (χ1) is 10.2. The number of hydrogen-bond acceptors (Lipinski definition) is 3. The zero-order valence-corrected chi connectivity index (χ0v) is 13.6. The van der Waals surface area contributed by atoms with Gasteiger partial charge in [0.25, 0.3) is 0 Å². The zero-order valence-electron chi connectivity index (χ0n) is 12.1. The topological polar surface area (TPSA) is 27.7 Å². The Kier molecular flexibility index (Phi) is 4.06. The van der Waals surface area contributed by atoms with Crippen molar-refractivity contribution in [1.29, 1.82) is 0 Å². The predicted molar refractivity (Wildman–Crippen MR) is 86.0 cm³/mol. The van der Waals surface area contributed by atoms with E-state index in [1.807, 2.05) is 24.3 Å². The molecule has 3 rings (SSSR count). The van der Waals surface area contributed by atoms with Gasteiger partial charge in [-0.05, 0) is 35.4 Å². The molecule has 3 nitrogen and oxygen atoms in total. The Morgan fingerprint density at radius 1 is 1.10 bits per heavy atom. The number of hydrogen-bond donors (Lipinski definition) is 0. The van der Waals surface area contributed by atoms with Crippen LogP contribution in [-0.2, 0) is 6.42 Å². The summed E-state index contributed by atoms with van der Waals surface area (Å²) in [6.07, 6.45) is 0.970. The maximum absolute atomic E-state index is 5.56. The molecule has 1 atom stereocenters. The van der Waals surface area contributed by atoms with Gasteiger partial charge < -0.3 is 14.2 Å². The van der Waals surface area contributed by atoms with Crippen LogP contribution in [0.1, 0.15) is 21.5 Å². The van der Waals surface area contributed by atoms with Crippen molar-refractivity contribution < 1.29 is 14.2 Å². The molecule has 0 spiro atoms. The van der Waals surface area contributed by atoms with E-state index in [4.69, 9.17) is 14.2 Å². The predicted octanol–water partition coefficient (Wildman–Crippen LogP) is 4.12. The SMILES string of the molecule is COc1ccc(OC)c(C(Br)c2ccc3c(c2)CCO3)c1. The maximum Gasteiger partial charge on any atom is 0.123 e. The minimum atomic E-state index is 0.0495. The van der Waals surface area contributed by atoms with E-state index in [1.165, 1.54) is 11.1 Å². The van der Waals surface area contributed by atoms with Crippen LogP contribution in [0.15, 0.2) is 36.4 Å². The van der Waals surface area contributed by atoms with E-state index < -0.39 is 0 Å². The van der Waals surface area contributed by atoms with Gasteiger partial charge in [0.2, 0.25) is 0 Å². The fourth-order valence-electron chi connectivity index (χ4n) is 2.58. The van der Waals surface area contributed by atoms with E-state index in [-0.39, 0.29) is 4.83 Å². The lowest BCUT2D eigenvalue weighted by Gasteiger charge is -2.16. The van der Waals surface area contributed by atoms with Crippen LogP contribution in [0, 0.1) is 0 Å². The van der Waals surface area contributed by atoms with E-state index in [0.717, 1.165) is 35.8 Å².